The van der Waals surface area contributed by atoms with Crippen molar-refractivity contribution in [2.24, 2.45) is 0 Å². The number of ether oxygens (including phenoxy) is 1. The molecule has 0 aliphatic rings. The van der Waals surface area contributed by atoms with Gasteiger partial charge in [-0.1, -0.05) is 19.1 Å². The van der Waals surface area contributed by atoms with Crippen LogP contribution in [0, 0.1) is 0 Å². The van der Waals surface area contributed by atoms with Gasteiger partial charge in [-0.3, -0.25) is 0 Å². The summed E-state index contributed by atoms with van der Waals surface area (Å²) >= 11 is 4.98. The number of halogens is 1. The van der Waals surface area contributed by atoms with Crippen LogP contribution in [-0.2, 0) is 5.75 Å². The molecule has 5 nitrogen and oxygen atoms in total. The molecule has 7 heteroatoms. The minimum absolute atomic E-state index is 0.0271. The molecule has 1 heterocycles. The molecule has 1 unspecified atom stereocenters. The van der Waals surface area contributed by atoms with Gasteiger partial charge in [0.2, 0.25) is 5.89 Å². The summed E-state index contributed by atoms with van der Waals surface area (Å²) in [7, 11) is 0. The standard InChI is InChI=1S/C12H13BrN2O3S/c1-2-11(17-9-6-4-3-5-8(9)13)19-7-10-14-15-12(16)18-10/h3-6,11H,2,7H2,1H3,(H,15,16). The predicted octanol–water partition coefficient (Wildman–Crippen LogP) is 3.17. The van der Waals surface area contributed by atoms with Gasteiger partial charge >= 0.3 is 5.76 Å². The smallest absolute Gasteiger partial charge is 0.434 e. The van der Waals surface area contributed by atoms with Crippen molar-refractivity contribution < 1.29 is 9.15 Å². The van der Waals surface area contributed by atoms with E-state index in [9.17, 15) is 4.79 Å². The van der Waals surface area contributed by atoms with E-state index in [2.05, 4.69) is 26.1 Å². The van der Waals surface area contributed by atoms with Crippen LogP contribution in [-0.4, -0.2) is 15.6 Å². The quantitative estimate of drug-likeness (QED) is 0.815. The maximum absolute atomic E-state index is 10.8. The number of hydrogen-bond donors (Lipinski definition) is 1. The molecule has 1 aromatic carbocycles. The summed E-state index contributed by atoms with van der Waals surface area (Å²) in [6.07, 6.45) is 0.834. The number of benzene rings is 1. The summed E-state index contributed by atoms with van der Waals surface area (Å²) in [6.45, 7) is 2.04. The van der Waals surface area contributed by atoms with Crippen LogP contribution in [0.5, 0.6) is 5.75 Å². The number of aromatic nitrogens is 2. The first-order valence-corrected chi connectivity index (χ1v) is 7.60. The summed E-state index contributed by atoms with van der Waals surface area (Å²) < 4.78 is 11.6. The van der Waals surface area contributed by atoms with Gasteiger partial charge in [-0.15, -0.1) is 16.9 Å². The van der Waals surface area contributed by atoms with E-state index < -0.39 is 5.76 Å². The third-order valence-electron chi connectivity index (χ3n) is 2.30. The van der Waals surface area contributed by atoms with E-state index in [0.29, 0.717) is 11.6 Å². The Bertz CT molecular complexity index is 584. The van der Waals surface area contributed by atoms with Gasteiger partial charge < -0.3 is 9.15 Å². The van der Waals surface area contributed by atoms with E-state index in [4.69, 9.17) is 9.15 Å². The van der Waals surface area contributed by atoms with Crippen LogP contribution in [0.3, 0.4) is 0 Å². The lowest BCUT2D eigenvalue weighted by Gasteiger charge is -2.17. The van der Waals surface area contributed by atoms with Gasteiger partial charge in [0, 0.05) is 0 Å². The van der Waals surface area contributed by atoms with Gasteiger partial charge in [0.25, 0.3) is 0 Å². The van der Waals surface area contributed by atoms with Crippen molar-refractivity contribution in [2.75, 3.05) is 0 Å². The summed E-state index contributed by atoms with van der Waals surface area (Å²) in [6, 6.07) is 7.69. The van der Waals surface area contributed by atoms with E-state index in [1.165, 1.54) is 11.8 Å². The summed E-state index contributed by atoms with van der Waals surface area (Å²) in [5.41, 5.74) is -0.0271. The highest BCUT2D eigenvalue weighted by Gasteiger charge is 2.12. The SMILES string of the molecule is CCC(Oc1ccccc1Br)SCc1n[nH]c(=O)o1. The molecule has 0 saturated heterocycles. The van der Waals surface area contributed by atoms with Gasteiger partial charge in [-0.05, 0) is 34.5 Å². The van der Waals surface area contributed by atoms with E-state index in [0.717, 1.165) is 16.6 Å². The minimum atomic E-state index is -0.532. The number of thioether (sulfide) groups is 1. The van der Waals surface area contributed by atoms with Crippen molar-refractivity contribution in [3.8, 4) is 5.75 Å². The monoisotopic (exact) mass is 344 g/mol. The van der Waals surface area contributed by atoms with Crippen molar-refractivity contribution in [3.05, 3.63) is 45.2 Å². The molecule has 0 radical (unpaired) electrons. The number of nitrogens with zero attached hydrogens (tertiary/aromatic N) is 1. The van der Waals surface area contributed by atoms with Crippen LogP contribution in [0.25, 0.3) is 0 Å². The average molecular weight is 345 g/mol. The zero-order chi connectivity index (χ0) is 13.7. The third kappa shape index (κ3) is 4.14. The molecule has 0 bridgehead atoms. The fourth-order valence-electron chi connectivity index (χ4n) is 1.40. The van der Waals surface area contributed by atoms with Gasteiger partial charge in [0.05, 0.1) is 10.2 Å². The van der Waals surface area contributed by atoms with Gasteiger partial charge in [0.15, 0.2) is 0 Å². The number of aromatic amines is 1. The Morgan fingerprint density at radius 2 is 2.32 bits per heavy atom. The van der Waals surface area contributed by atoms with Gasteiger partial charge in [0.1, 0.15) is 11.2 Å². The van der Waals surface area contributed by atoms with Crippen molar-refractivity contribution in [1.29, 1.82) is 0 Å². The molecule has 0 spiro atoms. The lowest BCUT2D eigenvalue weighted by Crippen LogP contribution is -2.11. The lowest BCUT2D eigenvalue weighted by molar-refractivity contribution is 0.281. The second kappa shape index (κ2) is 6.81. The van der Waals surface area contributed by atoms with E-state index >= 15 is 0 Å². The first-order valence-electron chi connectivity index (χ1n) is 5.76. The highest BCUT2D eigenvalue weighted by Crippen LogP contribution is 2.29. The fourth-order valence-corrected chi connectivity index (χ4v) is 2.64. The Labute approximate surface area is 122 Å². The topological polar surface area (TPSA) is 68.1 Å². The van der Waals surface area contributed by atoms with Crippen LogP contribution in [0.4, 0.5) is 0 Å². The Morgan fingerprint density at radius 1 is 1.53 bits per heavy atom. The average Bonchev–Trinajstić information content (AvgIpc) is 2.82. The van der Waals surface area contributed by atoms with Crippen LogP contribution in [0.1, 0.15) is 19.2 Å². The summed E-state index contributed by atoms with van der Waals surface area (Å²) in [5.74, 6) is 1.13. The molecule has 1 N–H and O–H groups in total. The van der Waals surface area contributed by atoms with Crippen molar-refractivity contribution in [2.45, 2.75) is 24.5 Å². The second-order valence-electron chi connectivity index (χ2n) is 3.70. The maximum atomic E-state index is 10.8. The number of nitrogens with one attached hydrogen (secondary N) is 1. The third-order valence-corrected chi connectivity index (χ3v) is 4.17. The molecule has 0 fully saturated rings. The first kappa shape index (κ1) is 14.2. The van der Waals surface area contributed by atoms with Crippen molar-refractivity contribution >= 4 is 27.7 Å². The van der Waals surface area contributed by atoms with Crippen LogP contribution in [0.15, 0.2) is 37.9 Å². The molecule has 102 valence electrons. The molecule has 2 rings (SSSR count). The summed E-state index contributed by atoms with van der Waals surface area (Å²) in [4.78, 5) is 10.8. The molecule has 2 aromatic rings. The molecule has 0 aliphatic carbocycles. The van der Waals surface area contributed by atoms with E-state index in [-0.39, 0.29) is 5.44 Å². The van der Waals surface area contributed by atoms with Crippen molar-refractivity contribution in [1.82, 2.24) is 10.2 Å². The molecule has 1 atom stereocenters. The largest absolute Gasteiger partial charge is 0.479 e. The zero-order valence-corrected chi connectivity index (χ0v) is 12.7. The van der Waals surface area contributed by atoms with Gasteiger partial charge in [-0.25, -0.2) is 9.89 Å². The van der Waals surface area contributed by atoms with Crippen LogP contribution < -0.4 is 10.5 Å². The fraction of sp³-hybridized carbons (Fsp3) is 0.333. The van der Waals surface area contributed by atoms with Crippen molar-refractivity contribution in [3.63, 3.8) is 0 Å². The number of rotatable bonds is 6. The van der Waals surface area contributed by atoms with E-state index in [1.807, 2.05) is 31.2 Å². The molecule has 0 saturated carbocycles. The predicted molar refractivity (Wildman–Crippen MR) is 77.3 cm³/mol. The zero-order valence-electron chi connectivity index (χ0n) is 10.3. The Balaban J connectivity index is 1.93. The number of hydrogen-bond acceptors (Lipinski definition) is 5. The molecular formula is C12H13BrN2O3S. The summed E-state index contributed by atoms with van der Waals surface area (Å²) in [5, 5.41) is 5.99. The highest BCUT2D eigenvalue weighted by atomic mass is 79.9. The normalized spacial score (nSPS) is 12.3. The lowest BCUT2D eigenvalue weighted by atomic mass is 10.3. The Kier molecular flexibility index (Phi) is 5.09. The second-order valence-corrected chi connectivity index (χ2v) is 5.71. The highest BCUT2D eigenvalue weighted by molar-refractivity contribution is 9.10. The minimum Gasteiger partial charge on any atom is -0.479 e. The van der Waals surface area contributed by atoms with E-state index in [1.54, 1.807) is 0 Å². The molecule has 1 aromatic heterocycles. The number of H-pyrrole nitrogens is 1. The molecule has 19 heavy (non-hydrogen) atoms. The molecule has 0 amide bonds. The van der Waals surface area contributed by atoms with Gasteiger partial charge in [-0.2, -0.15) is 0 Å². The Morgan fingerprint density at radius 3 is 2.95 bits per heavy atom. The molecule has 0 aliphatic heterocycles. The molecular weight excluding hydrogens is 332 g/mol. The Hall–Kier alpha value is -1.21. The number of para-hydroxylation sites is 1. The van der Waals surface area contributed by atoms with Crippen LogP contribution in [0.2, 0.25) is 0 Å². The maximum Gasteiger partial charge on any atom is 0.434 e. The van der Waals surface area contributed by atoms with Crippen LogP contribution >= 0.6 is 27.7 Å². The first-order chi connectivity index (χ1) is 9.19.